The van der Waals surface area contributed by atoms with Crippen LogP contribution in [0.3, 0.4) is 0 Å². The van der Waals surface area contributed by atoms with E-state index in [4.69, 9.17) is 5.26 Å². The Labute approximate surface area is 143 Å². The zero-order valence-corrected chi connectivity index (χ0v) is 14.2. The van der Waals surface area contributed by atoms with Gasteiger partial charge in [0.05, 0.1) is 16.1 Å². The van der Waals surface area contributed by atoms with Gasteiger partial charge in [-0.05, 0) is 52.3 Å². The summed E-state index contributed by atoms with van der Waals surface area (Å²) in [6.45, 7) is 0. The molecule has 0 bridgehead atoms. The third-order valence-electron chi connectivity index (χ3n) is 3.29. The Hall–Kier alpha value is -2.10. The van der Waals surface area contributed by atoms with Crippen LogP contribution in [-0.4, -0.2) is 11.0 Å². The number of carbonyl (C=O) groups excluding carboxylic acids is 1. The Morgan fingerprint density at radius 1 is 1.23 bits per heavy atom. The van der Waals surface area contributed by atoms with Crippen molar-refractivity contribution in [3.8, 4) is 11.8 Å². The van der Waals surface area contributed by atoms with Crippen LogP contribution in [0.5, 0.6) is 5.75 Å². The minimum atomic E-state index is -0.263. The third-order valence-corrected chi connectivity index (χ3v) is 4.35. The minimum Gasteiger partial charge on any atom is -0.506 e. The van der Waals surface area contributed by atoms with Gasteiger partial charge in [0.2, 0.25) is 0 Å². The molecule has 0 saturated heterocycles. The summed E-state index contributed by atoms with van der Waals surface area (Å²) in [4.78, 5) is 12.1. The Morgan fingerprint density at radius 3 is 2.73 bits per heavy atom. The largest absolute Gasteiger partial charge is 0.506 e. The van der Waals surface area contributed by atoms with Gasteiger partial charge in [-0.25, -0.2) is 0 Å². The Bertz CT molecular complexity index is 882. The molecule has 1 aliphatic rings. The molecule has 6 heteroatoms. The minimum absolute atomic E-state index is 0.0494. The van der Waals surface area contributed by atoms with Crippen molar-refractivity contribution in [3.05, 3.63) is 56.0 Å². The van der Waals surface area contributed by atoms with E-state index in [0.717, 1.165) is 4.47 Å². The molecule has 0 fully saturated rings. The smallest absolute Gasteiger partial charge is 0.256 e. The highest BCUT2D eigenvalue weighted by Gasteiger charge is 2.25. The van der Waals surface area contributed by atoms with Crippen molar-refractivity contribution in [1.29, 1.82) is 5.26 Å². The zero-order chi connectivity index (χ0) is 15.9. The van der Waals surface area contributed by atoms with Crippen LogP contribution in [0.25, 0.3) is 11.6 Å². The van der Waals surface area contributed by atoms with Gasteiger partial charge in [-0.1, -0.05) is 15.9 Å². The number of aromatic hydroxyl groups is 1. The van der Waals surface area contributed by atoms with Crippen molar-refractivity contribution < 1.29 is 9.90 Å². The fourth-order valence-electron chi connectivity index (χ4n) is 2.25. The lowest BCUT2D eigenvalue weighted by Crippen LogP contribution is -2.03. The molecule has 108 valence electrons. The van der Waals surface area contributed by atoms with E-state index < -0.39 is 0 Å². The lowest BCUT2D eigenvalue weighted by atomic mass is 10.0. The van der Waals surface area contributed by atoms with Gasteiger partial charge in [0, 0.05) is 26.9 Å². The zero-order valence-electron chi connectivity index (χ0n) is 11.0. The van der Waals surface area contributed by atoms with Crippen LogP contribution >= 0.6 is 31.9 Å². The molecular weight excluding hydrogens is 412 g/mol. The van der Waals surface area contributed by atoms with Crippen LogP contribution < -0.4 is 5.32 Å². The van der Waals surface area contributed by atoms with Crippen LogP contribution in [0.1, 0.15) is 16.7 Å². The summed E-state index contributed by atoms with van der Waals surface area (Å²) < 4.78 is 1.30. The number of nitriles is 1. The number of anilines is 1. The van der Waals surface area contributed by atoms with Crippen LogP contribution in [-0.2, 0) is 4.79 Å². The summed E-state index contributed by atoms with van der Waals surface area (Å²) in [7, 11) is 0. The fourth-order valence-corrected chi connectivity index (χ4v) is 3.51. The van der Waals surface area contributed by atoms with Crippen molar-refractivity contribution in [3.63, 3.8) is 0 Å². The first kappa shape index (κ1) is 14.8. The van der Waals surface area contributed by atoms with Crippen molar-refractivity contribution in [2.75, 3.05) is 5.32 Å². The van der Waals surface area contributed by atoms with E-state index in [2.05, 4.69) is 43.2 Å². The molecule has 1 heterocycles. The summed E-state index contributed by atoms with van der Waals surface area (Å²) in [6, 6.07) is 10.5. The van der Waals surface area contributed by atoms with Crippen LogP contribution in [0, 0.1) is 11.3 Å². The lowest BCUT2D eigenvalue weighted by molar-refractivity contribution is -0.110. The van der Waals surface area contributed by atoms with Gasteiger partial charge in [0.25, 0.3) is 5.91 Å². The average molecular weight is 420 g/mol. The molecule has 0 aromatic heterocycles. The number of hydrogen-bond acceptors (Lipinski definition) is 3. The molecule has 2 aromatic carbocycles. The van der Waals surface area contributed by atoms with E-state index in [9.17, 15) is 9.90 Å². The number of phenolic OH excluding ortho intramolecular Hbond substituents is 1. The van der Waals surface area contributed by atoms with E-state index in [1.54, 1.807) is 36.4 Å². The molecular formula is C16H8Br2N2O2. The maximum absolute atomic E-state index is 12.1. The highest BCUT2D eigenvalue weighted by atomic mass is 79.9. The molecule has 2 aromatic rings. The van der Waals surface area contributed by atoms with Gasteiger partial charge in [-0.3, -0.25) is 4.79 Å². The van der Waals surface area contributed by atoms with E-state index in [1.807, 2.05) is 0 Å². The summed E-state index contributed by atoms with van der Waals surface area (Å²) in [5.74, 6) is -0.214. The lowest BCUT2D eigenvalue weighted by Gasteiger charge is -2.05. The average Bonchev–Trinajstić information content (AvgIpc) is 2.79. The van der Waals surface area contributed by atoms with Crippen LogP contribution in [0.4, 0.5) is 5.69 Å². The Morgan fingerprint density at radius 2 is 2.00 bits per heavy atom. The molecule has 3 rings (SSSR count). The van der Waals surface area contributed by atoms with Gasteiger partial charge in [0.1, 0.15) is 5.75 Å². The molecule has 2 N–H and O–H groups in total. The van der Waals surface area contributed by atoms with Gasteiger partial charge in [-0.2, -0.15) is 5.26 Å². The second kappa shape index (κ2) is 5.59. The van der Waals surface area contributed by atoms with E-state index >= 15 is 0 Å². The maximum atomic E-state index is 12.1. The second-order valence-corrected chi connectivity index (χ2v) is 6.48. The fraction of sp³-hybridized carbons (Fsp3) is 0. The topological polar surface area (TPSA) is 73.1 Å². The Kier molecular flexibility index (Phi) is 3.77. The standard InChI is InChI=1S/C16H8Br2N2O2/c17-10-4-9(15(21)13(18)6-10)5-12-11-3-8(7-19)1-2-14(11)20-16(12)22/h1-6,21H,(H,20,22)/b12-5-. The van der Waals surface area contributed by atoms with Gasteiger partial charge in [0.15, 0.2) is 0 Å². The molecule has 1 aliphatic heterocycles. The van der Waals surface area contributed by atoms with Crippen molar-refractivity contribution >= 4 is 55.1 Å². The first-order valence-electron chi connectivity index (χ1n) is 6.25. The van der Waals surface area contributed by atoms with E-state index in [-0.39, 0.29) is 11.7 Å². The molecule has 0 spiro atoms. The van der Waals surface area contributed by atoms with Crippen molar-refractivity contribution in [2.24, 2.45) is 0 Å². The number of nitrogens with one attached hydrogen (secondary N) is 1. The SMILES string of the molecule is N#Cc1ccc2c(c1)/C(=C/c1cc(Br)cc(Br)c1O)C(=O)N2. The van der Waals surface area contributed by atoms with E-state index in [1.165, 1.54) is 0 Å². The van der Waals surface area contributed by atoms with Gasteiger partial charge < -0.3 is 10.4 Å². The number of rotatable bonds is 1. The van der Waals surface area contributed by atoms with E-state index in [0.29, 0.717) is 32.4 Å². The number of nitrogens with zero attached hydrogens (tertiary/aromatic N) is 1. The summed E-state index contributed by atoms with van der Waals surface area (Å²) in [6.07, 6.45) is 1.60. The Balaban J connectivity index is 2.18. The summed E-state index contributed by atoms with van der Waals surface area (Å²) in [5.41, 5.74) is 2.69. The molecule has 0 aliphatic carbocycles. The quantitative estimate of drug-likeness (QED) is 0.677. The molecule has 0 unspecified atom stereocenters. The summed E-state index contributed by atoms with van der Waals surface area (Å²) >= 11 is 6.62. The van der Waals surface area contributed by atoms with Crippen molar-refractivity contribution in [2.45, 2.75) is 0 Å². The summed E-state index contributed by atoms with van der Waals surface area (Å²) in [5, 5.41) is 21.9. The first-order valence-corrected chi connectivity index (χ1v) is 7.84. The van der Waals surface area contributed by atoms with Gasteiger partial charge in [-0.15, -0.1) is 0 Å². The second-order valence-electron chi connectivity index (χ2n) is 4.71. The number of amides is 1. The predicted molar refractivity (Wildman–Crippen MR) is 91.2 cm³/mol. The monoisotopic (exact) mass is 418 g/mol. The maximum Gasteiger partial charge on any atom is 0.256 e. The highest BCUT2D eigenvalue weighted by Crippen LogP contribution is 2.38. The number of benzene rings is 2. The highest BCUT2D eigenvalue weighted by molar-refractivity contribution is 9.11. The predicted octanol–water partition coefficient (Wildman–Crippen LogP) is 4.28. The molecule has 4 nitrogen and oxygen atoms in total. The third kappa shape index (κ3) is 2.54. The van der Waals surface area contributed by atoms with Crippen LogP contribution in [0.2, 0.25) is 0 Å². The molecule has 0 atom stereocenters. The number of carbonyl (C=O) groups is 1. The van der Waals surface area contributed by atoms with Crippen LogP contribution in [0.15, 0.2) is 39.3 Å². The molecule has 0 saturated carbocycles. The number of halogens is 2. The number of fused-ring (bicyclic) bond motifs is 1. The number of phenols is 1. The van der Waals surface area contributed by atoms with Gasteiger partial charge >= 0.3 is 0 Å². The normalized spacial score (nSPS) is 14.6. The van der Waals surface area contributed by atoms with Crippen molar-refractivity contribution in [1.82, 2.24) is 0 Å². The molecule has 22 heavy (non-hydrogen) atoms. The molecule has 0 radical (unpaired) electrons. The first-order chi connectivity index (χ1) is 10.5. The molecule has 1 amide bonds. The number of hydrogen-bond donors (Lipinski definition) is 2.